The van der Waals surface area contributed by atoms with E-state index in [0.717, 1.165) is 33.4 Å². The Morgan fingerprint density at radius 2 is 1.74 bits per heavy atom. The van der Waals surface area contributed by atoms with Crippen molar-refractivity contribution in [1.29, 1.82) is 5.26 Å². The summed E-state index contributed by atoms with van der Waals surface area (Å²) in [5, 5.41) is 16.3. The van der Waals surface area contributed by atoms with Crippen molar-refractivity contribution in [2.24, 2.45) is 0 Å². The fraction of sp³-hybridized carbons (Fsp3) is 0.208. The third-order valence-corrected chi connectivity index (χ3v) is 4.91. The Morgan fingerprint density at radius 3 is 2.35 bits per heavy atom. The van der Waals surface area contributed by atoms with Crippen molar-refractivity contribution < 1.29 is 27.5 Å². The van der Waals surface area contributed by atoms with Crippen molar-refractivity contribution in [2.45, 2.75) is 25.7 Å². The van der Waals surface area contributed by atoms with Crippen molar-refractivity contribution in [1.82, 2.24) is 10.2 Å². The summed E-state index contributed by atoms with van der Waals surface area (Å²) in [7, 11) is 0. The number of nitrogens with one attached hydrogen (secondary N) is 2. The van der Waals surface area contributed by atoms with Gasteiger partial charge in [-0.05, 0) is 47.5 Å². The standard InChI is InChI=1S/C24H21F3N4O3/c1-2-31(15-28)22(32)21(14-16-7-8-17-5-3-4-6-18(17)13-16)30-23(33)29-19-9-11-20(12-10-19)34-24(25,26)27/h3-13,21H,2,14H2,1H3,(H2,29,30,33). The fourth-order valence-corrected chi connectivity index (χ4v) is 3.33. The van der Waals surface area contributed by atoms with Gasteiger partial charge in [-0.25, -0.2) is 9.69 Å². The molecular weight excluding hydrogens is 449 g/mol. The molecule has 0 heterocycles. The van der Waals surface area contributed by atoms with Gasteiger partial charge in [-0.15, -0.1) is 13.2 Å². The number of alkyl halides is 3. The van der Waals surface area contributed by atoms with Crippen LogP contribution in [0.15, 0.2) is 66.7 Å². The highest BCUT2D eigenvalue weighted by atomic mass is 19.4. The van der Waals surface area contributed by atoms with Crippen LogP contribution in [0.2, 0.25) is 0 Å². The molecule has 0 aliphatic heterocycles. The molecule has 1 unspecified atom stereocenters. The second-order valence-corrected chi connectivity index (χ2v) is 7.29. The minimum atomic E-state index is -4.82. The second-order valence-electron chi connectivity index (χ2n) is 7.29. The van der Waals surface area contributed by atoms with Crippen LogP contribution < -0.4 is 15.4 Å². The predicted octanol–water partition coefficient (Wildman–Crippen LogP) is 4.80. The van der Waals surface area contributed by atoms with Gasteiger partial charge in [-0.1, -0.05) is 42.5 Å². The SMILES string of the molecule is CCN(C#N)C(=O)C(Cc1ccc2ccccc2c1)NC(=O)Nc1ccc(OC(F)(F)F)cc1. The Hall–Kier alpha value is -4.26. The van der Waals surface area contributed by atoms with Crippen LogP contribution in [0.25, 0.3) is 10.8 Å². The van der Waals surface area contributed by atoms with Crippen molar-refractivity contribution >= 4 is 28.4 Å². The summed E-state index contributed by atoms with van der Waals surface area (Å²) in [6.07, 6.45) is -2.89. The molecule has 0 aliphatic carbocycles. The van der Waals surface area contributed by atoms with E-state index in [1.807, 2.05) is 42.5 Å². The predicted molar refractivity (Wildman–Crippen MR) is 120 cm³/mol. The highest BCUT2D eigenvalue weighted by Gasteiger charge is 2.31. The van der Waals surface area contributed by atoms with Crippen LogP contribution in [0.5, 0.6) is 5.75 Å². The van der Waals surface area contributed by atoms with Gasteiger partial charge in [0.2, 0.25) is 0 Å². The topological polar surface area (TPSA) is 94.5 Å². The lowest BCUT2D eigenvalue weighted by Gasteiger charge is -2.22. The number of benzene rings is 3. The normalized spacial score (nSPS) is 11.9. The smallest absolute Gasteiger partial charge is 0.406 e. The molecule has 3 aromatic rings. The quantitative estimate of drug-likeness (QED) is 0.383. The minimum absolute atomic E-state index is 0.132. The molecule has 3 aromatic carbocycles. The van der Waals surface area contributed by atoms with Gasteiger partial charge < -0.3 is 15.4 Å². The Kier molecular flexibility index (Phi) is 7.58. The summed E-state index contributed by atoms with van der Waals surface area (Å²) in [4.78, 5) is 26.4. The number of halogens is 3. The molecule has 0 bridgehead atoms. The van der Waals surface area contributed by atoms with Crippen molar-refractivity contribution in [2.75, 3.05) is 11.9 Å². The first-order chi connectivity index (χ1) is 16.2. The summed E-state index contributed by atoms with van der Waals surface area (Å²) < 4.78 is 40.7. The van der Waals surface area contributed by atoms with Crippen molar-refractivity contribution in [3.8, 4) is 11.9 Å². The van der Waals surface area contributed by atoms with Crippen LogP contribution in [-0.4, -0.2) is 35.8 Å². The molecule has 0 spiro atoms. The van der Waals surface area contributed by atoms with Gasteiger partial charge in [0.05, 0.1) is 0 Å². The molecule has 1 atom stereocenters. The van der Waals surface area contributed by atoms with E-state index in [-0.39, 0.29) is 18.7 Å². The lowest BCUT2D eigenvalue weighted by atomic mass is 10.0. The molecule has 176 valence electrons. The monoisotopic (exact) mass is 470 g/mol. The Balaban J connectivity index is 1.74. The number of fused-ring (bicyclic) bond motifs is 1. The summed E-state index contributed by atoms with van der Waals surface area (Å²) in [6, 6.07) is 16.1. The largest absolute Gasteiger partial charge is 0.573 e. The summed E-state index contributed by atoms with van der Waals surface area (Å²) in [5.74, 6) is -1.02. The molecule has 0 aliphatic rings. The zero-order chi connectivity index (χ0) is 24.7. The molecule has 0 saturated carbocycles. The number of amides is 3. The number of hydrogen-bond acceptors (Lipinski definition) is 4. The zero-order valence-corrected chi connectivity index (χ0v) is 18.1. The number of rotatable bonds is 7. The van der Waals surface area contributed by atoms with Crippen molar-refractivity contribution in [3.63, 3.8) is 0 Å². The Labute approximate surface area is 193 Å². The maximum absolute atomic E-state index is 12.9. The first-order valence-electron chi connectivity index (χ1n) is 10.3. The van der Waals surface area contributed by atoms with Gasteiger partial charge in [0.25, 0.3) is 5.91 Å². The molecule has 10 heteroatoms. The molecule has 3 rings (SSSR count). The maximum Gasteiger partial charge on any atom is 0.573 e. The molecular formula is C24H21F3N4O3. The first kappa shape index (κ1) is 24.4. The number of urea groups is 1. The Bertz CT molecular complexity index is 1210. The van der Waals surface area contributed by atoms with Gasteiger partial charge in [0.15, 0.2) is 6.19 Å². The number of ether oxygens (including phenoxy) is 1. The highest BCUT2D eigenvalue weighted by molar-refractivity contribution is 5.94. The molecule has 0 radical (unpaired) electrons. The lowest BCUT2D eigenvalue weighted by Crippen LogP contribution is -2.49. The summed E-state index contributed by atoms with van der Waals surface area (Å²) in [6.45, 7) is 1.77. The summed E-state index contributed by atoms with van der Waals surface area (Å²) >= 11 is 0. The average Bonchev–Trinajstić information content (AvgIpc) is 2.79. The molecule has 0 saturated heterocycles. The van der Waals surface area contributed by atoms with E-state index in [2.05, 4.69) is 15.4 Å². The number of anilines is 1. The molecule has 0 fully saturated rings. The van der Waals surface area contributed by atoms with Crippen LogP contribution in [0, 0.1) is 11.5 Å². The van der Waals surface area contributed by atoms with E-state index in [4.69, 9.17) is 0 Å². The van der Waals surface area contributed by atoms with Crippen LogP contribution in [0.1, 0.15) is 12.5 Å². The molecule has 0 aromatic heterocycles. The number of nitrogens with zero attached hydrogens (tertiary/aromatic N) is 2. The van der Waals surface area contributed by atoms with E-state index in [1.54, 1.807) is 13.1 Å². The molecule has 2 N–H and O–H groups in total. The number of likely N-dealkylation sites (N-methyl/N-ethyl adjacent to an activating group) is 1. The molecule has 7 nitrogen and oxygen atoms in total. The Morgan fingerprint density at radius 1 is 1.06 bits per heavy atom. The van der Waals surface area contributed by atoms with Crippen LogP contribution in [-0.2, 0) is 11.2 Å². The van der Waals surface area contributed by atoms with E-state index in [9.17, 15) is 28.0 Å². The van der Waals surface area contributed by atoms with Crippen LogP contribution in [0.4, 0.5) is 23.7 Å². The number of carbonyl (C=O) groups excluding carboxylic acids is 2. The lowest BCUT2D eigenvalue weighted by molar-refractivity contribution is -0.274. The van der Waals surface area contributed by atoms with E-state index >= 15 is 0 Å². The van der Waals surface area contributed by atoms with Crippen molar-refractivity contribution in [3.05, 3.63) is 72.3 Å². The van der Waals surface area contributed by atoms with Gasteiger partial charge in [-0.2, -0.15) is 5.26 Å². The third-order valence-electron chi connectivity index (χ3n) is 4.91. The third kappa shape index (κ3) is 6.62. The van der Waals surface area contributed by atoms with E-state index in [1.165, 1.54) is 12.1 Å². The second kappa shape index (κ2) is 10.6. The highest BCUT2D eigenvalue weighted by Crippen LogP contribution is 2.24. The molecule has 34 heavy (non-hydrogen) atoms. The fourth-order valence-electron chi connectivity index (χ4n) is 3.33. The van der Waals surface area contributed by atoms with E-state index < -0.39 is 30.1 Å². The van der Waals surface area contributed by atoms with Gasteiger partial charge in [0.1, 0.15) is 11.8 Å². The molecule has 3 amide bonds. The van der Waals surface area contributed by atoms with Gasteiger partial charge >= 0.3 is 12.4 Å². The number of hydrogen-bond donors (Lipinski definition) is 2. The van der Waals surface area contributed by atoms with Gasteiger partial charge in [-0.3, -0.25) is 4.79 Å². The van der Waals surface area contributed by atoms with Gasteiger partial charge in [0, 0.05) is 18.7 Å². The minimum Gasteiger partial charge on any atom is -0.406 e. The average molecular weight is 470 g/mol. The van der Waals surface area contributed by atoms with Crippen LogP contribution in [0.3, 0.4) is 0 Å². The zero-order valence-electron chi connectivity index (χ0n) is 18.1. The maximum atomic E-state index is 12.9. The number of nitriles is 1. The first-order valence-corrected chi connectivity index (χ1v) is 10.3. The van der Waals surface area contributed by atoms with Crippen LogP contribution >= 0.6 is 0 Å². The summed E-state index contributed by atoms with van der Waals surface area (Å²) in [5.41, 5.74) is 0.969. The number of carbonyl (C=O) groups is 2. The van der Waals surface area contributed by atoms with E-state index in [0.29, 0.717) is 0 Å².